The van der Waals surface area contributed by atoms with Gasteiger partial charge in [0, 0.05) is 17.8 Å². The topological polar surface area (TPSA) is 86.5 Å². The molecule has 1 aromatic carbocycles. The molecule has 0 spiro atoms. The van der Waals surface area contributed by atoms with Crippen molar-refractivity contribution in [3.05, 3.63) is 53.9 Å². The Hall–Kier alpha value is -3.03. The first-order valence-electron chi connectivity index (χ1n) is 5.95. The van der Waals surface area contributed by atoms with Crippen LogP contribution in [0.15, 0.2) is 36.5 Å². The lowest BCUT2D eigenvalue weighted by Gasteiger charge is -2.00. The molecular formula is C13H9F2N5O. The Morgan fingerprint density at radius 1 is 1.19 bits per heavy atom. The number of rotatable bonds is 3. The van der Waals surface area contributed by atoms with Crippen LogP contribution in [0, 0.1) is 11.6 Å². The minimum absolute atomic E-state index is 0.0320. The second-order valence-corrected chi connectivity index (χ2v) is 4.19. The van der Waals surface area contributed by atoms with E-state index in [9.17, 15) is 13.6 Å². The SMILES string of the molecule is O=C(Nc1cc(-c2cccc(F)c2F)[nH]n1)c1ccn[nH]1. The molecule has 0 saturated heterocycles. The van der Waals surface area contributed by atoms with E-state index in [-0.39, 0.29) is 22.8 Å². The number of halogens is 2. The number of aromatic amines is 2. The molecule has 8 heteroatoms. The molecule has 3 rings (SSSR count). The highest BCUT2D eigenvalue weighted by Gasteiger charge is 2.14. The lowest BCUT2D eigenvalue weighted by molar-refractivity contribution is 0.102. The molecule has 0 fully saturated rings. The summed E-state index contributed by atoms with van der Waals surface area (Å²) in [6.07, 6.45) is 1.44. The number of aromatic nitrogens is 4. The molecule has 0 aliphatic heterocycles. The first-order valence-corrected chi connectivity index (χ1v) is 5.95. The van der Waals surface area contributed by atoms with Crippen molar-refractivity contribution in [3.8, 4) is 11.3 Å². The van der Waals surface area contributed by atoms with Gasteiger partial charge >= 0.3 is 0 Å². The second-order valence-electron chi connectivity index (χ2n) is 4.19. The maximum absolute atomic E-state index is 13.7. The molecule has 0 bridgehead atoms. The van der Waals surface area contributed by atoms with Crippen LogP contribution in [0.25, 0.3) is 11.3 Å². The highest BCUT2D eigenvalue weighted by Crippen LogP contribution is 2.24. The predicted molar refractivity (Wildman–Crippen MR) is 70.5 cm³/mol. The summed E-state index contributed by atoms with van der Waals surface area (Å²) < 4.78 is 26.8. The molecule has 0 atom stereocenters. The van der Waals surface area contributed by atoms with Crippen molar-refractivity contribution in [2.75, 3.05) is 5.32 Å². The summed E-state index contributed by atoms with van der Waals surface area (Å²) in [5.41, 5.74) is 0.549. The van der Waals surface area contributed by atoms with E-state index in [1.165, 1.54) is 30.5 Å². The molecule has 106 valence electrons. The number of amides is 1. The van der Waals surface area contributed by atoms with Crippen molar-refractivity contribution >= 4 is 11.7 Å². The number of anilines is 1. The van der Waals surface area contributed by atoms with Crippen molar-refractivity contribution < 1.29 is 13.6 Å². The standard InChI is InChI=1S/C13H9F2N5O/c14-8-3-1-2-7(12(8)15)10-6-11(20-19-10)17-13(21)9-4-5-16-18-9/h1-6H,(H,16,18)(H2,17,19,20,21). The first kappa shape index (κ1) is 13.0. The van der Waals surface area contributed by atoms with Gasteiger partial charge in [0.1, 0.15) is 5.69 Å². The van der Waals surface area contributed by atoms with E-state index in [1.54, 1.807) is 0 Å². The van der Waals surface area contributed by atoms with Crippen molar-refractivity contribution in [2.24, 2.45) is 0 Å². The molecule has 0 aliphatic rings. The molecule has 3 aromatic rings. The molecule has 0 unspecified atom stereocenters. The predicted octanol–water partition coefficient (Wildman–Crippen LogP) is 2.33. The second kappa shape index (κ2) is 5.16. The lowest BCUT2D eigenvalue weighted by Crippen LogP contribution is -2.12. The minimum atomic E-state index is -0.979. The Bertz CT molecular complexity index is 782. The third-order valence-corrected chi connectivity index (χ3v) is 2.81. The molecule has 0 saturated carbocycles. The number of carbonyl (C=O) groups is 1. The third kappa shape index (κ3) is 2.50. The smallest absolute Gasteiger partial charge is 0.274 e. The molecule has 6 nitrogen and oxygen atoms in total. The van der Waals surface area contributed by atoms with Gasteiger partial charge < -0.3 is 5.32 Å². The zero-order valence-corrected chi connectivity index (χ0v) is 10.5. The van der Waals surface area contributed by atoms with Gasteiger partial charge in [-0.3, -0.25) is 15.0 Å². The highest BCUT2D eigenvalue weighted by molar-refractivity contribution is 6.02. The first-order chi connectivity index (χ1) is 10.1. The molecule has 3 N–H and O–H groups in total. The number of nitrogens with zero attached hydrogens (tertiary/aromatic N) is 2. The molecule has 1 amide bonds. The van der Waals surface area contributed by atoms with Crippen LogP contribution >= 0.6 is 0 Å². The van der Waals surface area contributed by atoms with Crippen LogP contribution in [-0.4, -0.2) is 26.3 Å². The van der Waals surface area contributed by atoms with E-state index in [0.29, 0.717) is 0 Å². The van der Waals surface area contributed by atoms with E-state index >= 15 is 0 Å². The summed E-state index contributed by atoms with van der Waals surface area (Å²) in [5.74, 6) is -2.18. The normalized spacial score (nSPS) is 10.6. The van der Waals surface area contributed by atoms with Crippen LogP contribution in [0.1, 0.15) is 10.5 Å². The fraction of sp³-hybridized carbons (Fsp3) is 0. The molecule has 2 heterocycles. The Balaban J connectivity index is 1.84. The Morgan fingerprint density at radius 2 is 2.05 bits per heavy atom. The number of hydrogen-bond donors (Lipinski definition) is 3. The van der Waals surface area contributed by atoms with E-state index < -0.39 is 17.5 Å². The van der Waals surface area contributed by atoms with Crippen LogP contribution in [0.4, 0.5) is 14.6 Å². The number of hydrogen-bond acceptors (Lipinski definition) is 3. The summed E-state index contributed by atoms with van der Waals surface area (Å²) >= 11 is 0. The fourth-order valence-electron chi connectivity index (χ4n) is 1.80. The molecule has 2 aromatic heterocycles. The van der Waals surface area contributed by atoms with E-state index in [2.05, 4.69) is 25.7 Å². The third-order valence-electron chi connectivity index (χ3n) is 2.81. The Labute approximate surface area is 117 Å². The lowest BCUT2D eigenvalue weighted by atomic mass is 10.1. The van der Waals surface area contributed by atoms with Gasteiger partial charge in [0.2, 0.25) is 0 Å². The van der Waals surface area contributed by atoms with E-state index in [4.69, 9.17) is 0 Å². The van der Waals surface area contributed by atoms with Gasteiger partial charge in [0.05, 0.1) is 5.69 Å². The van der Waals surface area contributed by atoms with Crippen LogP contribution in [0.5, 0.6) is 0 Å². The van der Waals surface area contributed by atoms with Gasteiger partial charge in [0.15, 0.2) is 17.5 Å². The summed E-state index contributed by atoms with van der Waals surface area (Å²) in [4.78, 5) is 11.8. The zero-order chi connectivity index (χ0) is 14.8. The van der Waals surface area contributed by atoms with Gasteiger partial charge in [-0.1, -0.05) is 6.07 Å². The number of benzene rings is 1. The highest BCUT2D eigenvalue weighted by atomic mass is 19.2. The van der Waals surface area contributed by atoms with E-state index in [0.717, 1.165) is 6.07 Å². The number of nitrogens with one attached hydrogen (secondary N) is 3. The Morgan fingerprint density at radius 3 is 2.81 bits per heavy atom. The van der Waals surface area contributed by atoms with Gasteiger partial charge in [-0.15, -0.1) is 0 Å². The van der Waals surface area contributed by atoms with Crippen molar-refractivity contribution in [1.29, 1.82) is 0 Å². The van der Waals surface area contributed by atoms with Gasteiger partial charge in [-0.05, 0) is 18.2 Å². The number of carbonyl (C=O) groups excluding carboxylic acids is 1. The van der Waals surface area contributed by atoms with E-state index in [1.807, 2.05) is 0 Å². The molecule has 0 aliphatic carbocycles. The molecular weight excluding hydrogens is 280 g/mol. The van der Waals surface area contributed by atoms with Crippen molar-refractivity contribution in [3.63, 3.8) is 0 Å². The van der Waals surface area contributed by atoms with Crippen molar-refractivity contribution in [2.45, 2.75) is 0 Å². The molecule has 0 radical (unpaired) electrons. The van der Waals surface area contributed by atoms with Crippen molar-refractivity contribution in [1.82, 2.24) is 20.4 Å². The minimum Gasteiger partial charge on any atom is -0.304 e. The summed E-state index contributed by atoms with van der Waals surface area (Å²) in [6.45, 7) is 0. The average Bonchev–Trinajstić information content (AvgIpc) is 3.13. The van der Waals surface area contributed by atoms with Gasteiger partial charge in [0.25, 0.3) is 5.91 Å². The monoisotopic (exact) mass is 289 g/mol. The van der Waals surface area contributed by atoms with Gasteiger partial charge in [-0.25, -0.2) is 8.78 Å². The van der Waals surface area contributed by atoms with Gasteiger partial charge in [-0.2, -0.15) is 10.2 Å². The van der Waals surface area contributed by atoms with Crippen LogP contribution in [0.2, 0.25) is 0 Å². The summed E-state index contributed by atoms with van der Waals surface area (Å²) in [6, 6.07) is 6.72. The summed E-state index contributed by atoms with van der Waals surface area (Å²) in [5, 5.41) is 15.0. The molecule has 21 heavy (non-hydrogen) atoms. The van der Waals surface area contributed by atoms with Crippen LogP contribution < -0.4 is 5.32 Å². The maximum Gasteiger partial charge on any atom is 0.274 e. The quantitative estimate of drug-likeness (QED) is 0.691. The summed E-state index contributed by atoms with van der Waals surface area (Å²) in [7, 11) is 0. The average molecular weight is 289 g/mol. The fourth-order valence-corrected chi connectivity index (χ4v) is 1.80. The number of H-pyrrole nitrogens is 2. The largest absolute Gasteiger partial charge is 0.304 e. The maximum atomic E-state index is 13.7. The van der Waals surface area contributed by atoms with Crippen LogP contribution in [0.3, 0.4) is 0 Å². The Kier molecular flexibility index (Phi) is 3.19. The van der Waals surface area contributed by atoms with Crippen LogP contribution in [-0.2, 0) is 0 Å². The zero-order valence-electron chi connectivity index (χ0n) is 10.5.